The molecule has 0 aromatic rings. The molecule has 0 saturated carbocycles. The van der Waals surface area contributed by atoms with Crippen LogP contribution in [-0.2, 0) is 9.47 Å². The summed E-state index contributed by atoms with van der Waals surface area (Å²) in [7, 11) is 1.62. The maximum atomic E-state index is 8.31. The number of nitriles is 1. The molecule has 1 aliphatic heterocycles. The van der Waals surface area contributed by atoms with E-state index in [4.69, 9.17) is 14.7 Å². The van der Waals surface area contributed by atoms with E-state index in [2.05, 4.69) is 6.07 Å². The van der Waals surface area contributed by atoms with Crippen LogP contribution in [0, 0.1) is 11.3 Å². The lowest BCUT2D eigenvalue weighted by Crippen LogP contribution is -2.11. The molecule has 1 saturated heterocycles. The highest BCUT2D eigenvalue weighted by Gasteiger charge is 2.24. The molecule has 0 aliphatic carbocycles. The monoisotopic (exact) mass is 141 g/mol. The Kier molecular flexibility index (Phi) is 2.67. The van der Waals surface area contributed by atoms with E-state index in [1.807, 2.05) is 0 Å². The van der Waals surface area contributed by atoms with Crippen LogP contribution in [0.2, 0.25) is 0 Å². The Morgan fingerprint density at radius 2 is 2.50 bits per heavy atom. The van der Waals surface area contributed by atoms with Gasteiger partial charge in [-0.3, -0.25) is 0 Å². The molecule has 1 heterocycles. The zero-order valence-electron chi connectivity index (χ0n) is 6.04. The summed E-state index contributed by atoms with van der Waals surface area (Å²) in [4.78, 5) is 0. The van der Waals surface area contributed by atoms with Crippen molar-refractivity contribution in [1.82, 2.24) is 0 Å². The molecular weight excluding hydrogens is 130 g/mol. The van der Waals surface area contributed by atoms with Crippen molar-refractivity contribution in [3.8, 4) is 6.07 Å². The molecular formula is C7H11NO2. The van der Waals surface area contributed by atoms with Crippen molar-refractivity contribution in [1.29, 1.82) is 5.26 Å². The zero-order valence-corrected chi connectivity index (χ0v) is 6.04. The fourth-order valence-corrected chi connectivity index (χ4v) is 1.10. The lowest BCUT2D eigenvalue weighted by Gasteiger charge is -2.08. The number of ether oxygens (including phenoxy) is 2. The first kappa shape index (κ1) is 7.52. The van der Waals surface area contributed by atoms with Gasteiger partial charge in [-0.2, -0.15) is 5.26 Å². The van der Waals surface area contributed by atoms with Crippen molar-refractivity contribution >= 4 is 0 Å². The third kappa shape index (κ3) is 1.69. The lowest BCUT2D eigenvalue weighted by molar-refractivity contribution is -0.113. The number of hydrogen-bond acceptors (Lipinski definition) is 3. The maximum Gasteiger partial charge on any atom is 0.157 e. The molecule has 2 unspecified atom stereocenters. The molecule has 3 nitrogen and oxygen atoms in total. The maximum absolute atomic E-state index is 8.31. The molecule has 0 aromatic heterocycles. The van der Waals surface area contributed by atoms with Gasteiger partial charge in [-0.25, -0.2) is 0 Å². The smallest absolute Gasteiger partial charge is 0.157 e. The van der Waals surface area contributed by atoms with E-state index in [9.17, 15) is 0 Å². The number of hydrogen-bond donors (Lipinski definition) is 0. The second kappa shape index (κ2) is 3.55. The molecule has 1 fully saturated rings. The van der Waals surface area contributed by atoms with Gasteiger partial charge in [-0.1, -0.05) is 0 Å². The van der Waals surface area contributed by atoms with Crippen LogP contribution in [0.25, 0.3) is 0 Å². The molecule has 0 radical (unpaired) electrons. The molecule has 1 aliphatic rings. The third-order valence-electron chi connectivity index (χ3n) is 1.65. The summed E-state index contributed by atoms with van der Waals surface area (Å²) in [6.45, 7) is 0. The van der Waals surface area contributed by atoms with Gasteiger partial charge in [0, 0.05) is 13.5 Å². The van der Waals surface area contributed by atoms with E-state index in [-0.39, 0.29) is 12.4 Å². The van der Waals surface area contributed by atoms with Crippen LogP contribution in [0.1, 0.15) is 19.3 Å². The molecule has 0 aromatic carbocycles. The van der Waals surface area contributed by atoms with Crippen LogP contribution in [0.4, 0.5) is 0 Å². The van der Waals surface area contributed by atoms with Crippen LogP contribution < -0.4 is 0 Å². The van der Waals surface area contributed by atoms with Crippen LogP contribution in [0.15, 0.2) is 0 Å². The molecule has 10 heavy (non-hydrogen) atoms. The number of rotatable bonds is 2. The van der Waals surface area contributed by atoms with Crippen molar-refractivity contribution < 1.29 is 9.47 Å². The first-order valence-electron chi connectivity index (χ1n) is 3.42. The van der Waals surface area contributed by atoms with E-state index >= 15 is 0 Å². The van der Waals surface area contributed by atoms with E-state index < -0.39 is 0 Å². The highest BCUT2D eigenvalue weighted by atomic mass is 16.7. The van der Waals surface area contributed by atoms with Gasteiger partial charge in [0.1, 0.15) is 0 Å². The largest absolute Gasteiger partial charge is 0.356 e. The molecule has 56 valence electrons. The minimum absolute atomic E-state index is 0.0710. The second-order valence-corrected chi connectivity index (χ2v) is 2.36. The third-order valence-corrected chi connectivity index (χ3v) is 1.65. The second-order valence-electron chi connectivity index (χ2n) is 2.36. The van der Waals surface area contributed by atoms with Crippen molar-refractivity contribution in [2.24, 2.45) is 0 Å². The molecule has 0 amide bonds. The number of methoxy groups -OCH3 is 1. The standard InChI is InChI=1S/C7H11NO2/c1-9-7-3-2-6(10-7)4-5-8/h6-7H,2-4H2,1H3. The van der Waals surface area contributed by atoms with Crippen molar-refractivity contribution in [3.05, 3.63) is 0 Å². The molecule has 2 atom stereocenters. The summed E-state index contributed by atoms with van der Waals surface area (Å²) in [5.41, 5.74) is 0. The SMILES string of the molecule is COC1CCC(CC#N)O1. The Balaban J connectivity index is 2.23. The van der Waals surface area contributed by atoms with E-state index in [0.29, 0.717) is 6.42 Å². The Labute approximate surface area is 60.5 Å². The van der Waals surface area contributed by atoms with Gasteiger partial charge in [0.2, 0.25) is 0 Å². The topological polar surface area (TPSA) is 42.2 Å². The summed E-state index contributed by atoms with van der Waals surface area (Å²) in [6, 6.07) is 2.07. The molecule has 0 spiro atoms. The van der Waals surface area contributed by atoms with Gasteiger partial charge in [0.15, 0.2) is 6.29 Å². The first-order valence-corrected chi connectivity index (χ1v) is 3.42. The Morgan fingerprint density at radius 3 is 3.00 bits per heavy atom. The van der Waals surface area contributed by atoms with Gasteiger partial charge in [0.05, 0.1) is 18.6 Å². The Hall–Kier alpha value is -0.590. The summed E-state index contributed by atoms with van der Waals surface area (Å²) < 4.78 is 10.3. The van der Waals surface area contributed by atoms with Gasteiger partial charge in [-0.05, 0) is 6.42 Å². The minimum Gasteiger partial charge on any atom is -0.356 e. The van der Waals surface area contributed by atoms with Crippen LogP contribution >= 0.6 is 0 Å². The lowest BCUT2D eigenvalue weighted by atomic mass is 10.2. The minimum atomic E-state index is -0.0710. The van der Waals surface area contributed by atoms with Crippen LogP contribution in [0.3, 0.4) is 0 Å². The fraction of sp³-hybridized carbons (Fsp3) is 0.857. The summed E-state index contributed by atoms with van der Waals surface area (Å²) in [5.74, 6) is 0. The fourth-order valence-electron chi connectivity index (χ4n) is 1.10. The number of nitrogens with zero attached hydrogens (tertiary/aromatic N) is 1. The van der Waals surface area contributed by atoms with E-state index in [1.54, 1.807) is 7.11 Å². The van der Waals surface area contributed by atoms with Crippen molar-refractivity contribution in [2.45, 2.75) is 31.7 Å². The van der Waals surface area contributed by atoms with E-state index in [0.717, 1.165) is 12.8 Å². The van der Waals surface area contributed by atoms with Crippen molar-refractivity contribution in [2.75, 3.05) is 7.11 Å². The van der Waals surface area contributed by atoms with Gasteiger partial charge >= 0.3 is 0 Å². The summed E-state index contributed by atoms with van der Waals surface area (Å²) >= 11 is 0. The highest BCUT2D eigenvalue weighted by molar-refractivity contribution is 4.79. The molecule has 0 bridgehead atoms. The van der Waals surface area contributed by atoms with Gasteiger partial charge in [-0.15, -0.1) is 0 Å². The highest BCUT2D eigenvalue weighted by Crippen LogP contribution is 2.21. The van der Waals surface area contributed by atoms with Gasteiger partial charge in [0.25, 0.3) is 0 Å². The average Bonchev–Trinajstić information content (AvgIpc) is 2.37. The van der Waals surface area contributed by atoms with Crippen LogP contribution in [-0.4, -0.2) is 19.5 Å². The van der Waals surface area contributed by atoms with E-state index in [1.165, 1.54) is 0 Å². The van der Waals surface area contributed by atoms with Gasteiger partial charge < -0.3 is 9.47 Å². The Bertz CT molecular complexity index is 141. The predicted octanol–water partition coefficient (Wildman–Crippen LogP) is 1.05. The summed E-state index contributed by atoms with van der Waals surface area (Å²) in [6.07, 6.45) is 2.39. The van der Waals surface area contributed by atoms with Crippen molar-refractivity contribution in [3.63, 3.8) is 0 Å². The predicted molar refractivity (Wildman–Crippen MR) is 35.1 cm³/mol. The normalized spacial score (nSPS) is 32.0. The molecule has 3 heteroatoms. The zero-order chi connectivity index (χ0) is 7.40. The molecule has 0 N–H and O–H groups in total. The Morgan fingerprint density at radius 1 is 1.70 bits per heavy atom. The molecule has 1 rings (SSSR count). The average molecular weight is 141 g/mol. The first-order chi connectivity index (χ1) is 4.86. The van der Waals surface area contributed by atoms with Crippen LogP contribution in [0.5, 0.6) is 0 Å². The quantitative estimate of drug-likeness (QED) is 0.577. The summed E-state index contributed by atoms with van der Waals surface area (Å²) in [5, 5.41) is 8.31.